The lowest BCUT2D eigenvalue weighted by Gasteiger charge is -2.37. The van der Waals surface area contributed by atoms with Crippen molar-refractivity contribution in [1.29, 1.82) is 0 Å². The van der Waals surface area contributed by atoms with Crippen molar-refractivity contribution < 1.29 is 13.2 Å². The summed E-state index contributed by atoms with van der Waals surface area (Å²) in [5.74, 6) is 0. The molecule has 1 aliphatic heterocycles. The van der Waals surface area contributed by atoms with Crippen LogP contribution in [0.1, 0.15) is 33.3 Å². The third-order valence-electron chi connectivity index (χ3n) is 3.33. The second kappa shape index (κ2) is 6.34. The molecule has 1 aliphatic rings. The normalized spacial score (nSPS) is 20.0. The summed E-state index contributed by atoms with van der Waals surface area (Å²) in [5, 5.41) is 5.21. The highest BCUT2D eigenvalue weighted by atomic mass is 32.2. The summed E-state index contributed by atoms with van der Waals surface area (Å²) in [6.45, 7) is 9.93. The molecule has 21 heavy (non-hydrogen) atoms. The van der Waals surface area contributed by atoms with Gasteiger partial charge in [-0.2, -0.15) is 4.31 Å². The molecule has 120 valence electrons. The number of nitrogens with zero attached hydrogens (tertiary/aromatic N) is 1. The first-order chi connectivity index (χ1) is 9.71. The Morgan fingerprint density at radius 3 is 2.81 bits per heavy atom. The predicted molar refractivity (Wildman–Crippen MR) is 85.1 cm³/mol. The molecule has 0 aliphatic carbocycles. The largest absolute Gasteiger partial charge is 0.373 e. The Labute approximate surface area is 131 Å². The highest BCUT2D eigenvalue weighted by molar-refractivity contribution is 7.91. The maximum atomic E-state index is 12.7. The van der Waals surface area contributed by atoms with Crippen LogP contribution in [0.2, 0.25) is 0 Å². The average Bonchev–Trinajstić information content (AvgIpc) is 2.84. The van der Waals surface area contributed by atoms with E-state index in [1.807, 2.05) is 19.2 Å². The Hall–Kier alpha value is -0.470. The topological polar surface area (TPSA) is 58.6 Å². The van der Waals surface area contributed by atoms with E-state index in [0.29, 0.717) is 36.5 Å². The number of hydrogen-bond acceptors (Lipinski definition) is 5. The molecule has 0 aromatic carbocycles. The highest BCUT2D eigenvalue weighted by Gasteiger charge is 2.35. The van der Waals surface area contributed by atoms with Crippen LogP contribution in [0, 0.1) is 0 Å². The summed E-state index contributed by atoms with van der Waals surface area (Å²) in [4.78, 5) is 0. The van der Waals surface area contributed by atoms with Crippen molar-refractivity contribution in [3.8, 4) is 0 Å². The highest BCUT2D eigenvalue weighted by Crippen LogP contribution is 2.27. The van der Waals surface area contributed by atoms with Gasteiger partial charge < -0.3 is 10.1 Å². The van der Waals surface area contributed by atoms with Crippen molar-refractivity contribution in [3.63, 3.8) is 0 Å². The molecule has 2 heterocycles. The molecule has 0 spiro atoms. The predicted octanol–water partition coefficient (Wildman–Crippen LogP) is 2.05. The fourth-order valence-electron chi connectivity index (χ4n) is 2.21. The molecule has 0 unspecified atom stereocenters. The fourth-order valence-corrected chi connectivity index (χ4v) is 5.14. The second-order valence-corrected chi connectivity index (χ2v) is 9.33. The monoisotopic (exact) mass is 332 g/mol. The molecular weight excluding hydrogens is 308 g/mol. The van der Waals surface area contributed by atoms with Crippen molar-refractivity contribution in [2.45, 2.75) is 50.1 Å². The van der Waals surface area contributed by atoms with E-state index in [1.54, 1.807) is 6.07 Å². The van der Waals surface area contributed by atoms with E-state index < -0.39 is 15.6 Å². The van der Waals surface area contributed by atoms with Crippen LogP contribution in [-0.4, -0.2) is 44.1 Å². The zero-order chi connectivity index (χ0) is 15.7. The van der Waals surface area contributed by atoms with Crippen LogP contribution < -0.4 is 5.32 Å². The number of nitrogens with one attached hydrogen (secondary N) is 1. The third-order valence-corrected chi connectivity index (χ3v) is 6.64. The van der Waals surface area contributed by atoms with Crippen molar-refractivity contribution >= 4 is 21.4 Å². The molecule has 0 amide bonds. The quantitative estimate of drug-likeness (QED) is 0.896. The van der Waals surface area contributed by atoms with Crippen LogP contribution in [0.25, 0.3) is 0 Å². The van der Waals surface area contributed by atoms with Crippen LogP contribution in [-0.2, 0) is 21.3 Å². The minimum absolute atomic E-state index is 0.380. The molecule has 0 saturated carbocycles. The smallest absolute Gasteiger partial charge is 0.252 e. The minimum Gasteiger partial charge on any atom is -0.373 e. The molecule has 1 saturated heterocycles. The zero-order valence-electron chi connectivity index (χ0n) is 13.0. The summed E-state index contributed by atoms with van der Waals surface area (Å²) < 4.78 is 32.9. The van der Waals surface area contributed by atoms with Gasteiger partial charge in [0.15, 0.2) is 0 Å². The summed E-state index contributed by atoms with van der Waals surface area (Å²) in [6.07, 6.45) is 0. The van der Waals surface area contributed by atoms with Gasteiger partial charge in [0.2, 0.25) is 0 Å². The van der Waals surface area contributed by atoms with Crippen LogP contribution in [0.4, 0.5) is 0 Å². The molecule has 1 aromatic rings. The molecule has 5 nitrogen and oxygen atoms in total. The molecule has 0 atom stereocenters. The Morgan fingerprint density at radius 2 is 2.19 bits per heavy atom. The zero-order valence-corrected chi connectivity index (χ0v) is 14.7. The van der Waals surface area contributed by atoms with E-state index in [-0.39, 0.29) is 0 Å². The number of morpholine rings is 1. The molecule has 0 bridgehead atoms. The molecule has 1 fully saturated rings. The van der Waals surface area contributed by atoms with Crippen LogP contribution in [0.15, 0.2) is 15.7 Å². The lowest BCUT2D eigenvalue weighted by molar-refractivity contribution is -0.0639. The van der Waals surface area contributed by atoms with Crippen LogP contribution in [0.3, 0.4) is 0 Å². The lowest BCUT2D eigenvalue weighted by atomic mass is 10.1. The van der Waals surface area contributed by atoms with Gasteiger partial charge in [0.1, 0.15) is 4.21 Å². The van der Waals surface area contributed by atoms with Crippen LogP contribution >= 0.6 is 11.3 Å². The van der Waals surface area contributed by atoms with E-state index in [1.165, 1.54) is 15.6 Å². The number of thiophene rings is 1. The van der Waals surface area contributed by atoms with Gasteiger partial charge in [0.05, 0.1) is 12.2 Å². The van der Waals surface area contributed by atoms with Gasteiger partial charge in [-0.05, 0) is 30.9 Å². The van der Waals surface area contributed by atoms with E-state index in [0.717, 1.165) is 5.56 Å². The Bertz CT molecular complexity index is 579. The van der Waals surface area contributed by atoms with Crippen molar-refractivity contribution in [3.05, 3.63) is 17.0 Å². The average molecular weight is 332 g/mol. The van der Waals surface area contributed by atoms with Gasteiger partial charge in [0.25, 0.3) is 10.0 Å². The molecule has 7 heteroatoms. The van der Waals surface area contributed by atoms with Gasteiger partial charge in [0, 0.05) is 25.7 Å². The lowest BCUT2D eigenvalue weighted by Crippen LogP contribution is -2.50. The third kappa shape index (κ3) is 4.26. The van der Waals surface area contributed by atoms with E-state index in [2.05, 4.69) is 19.2 Å². The SMILES string of the molecule is CC(C)NCc1csc(S(=O)(=O)N2CCOC(C)(C)C2)c1. The maximum Gasteiger partial charge on any atom is 0.252 e. The number of hydrogen-bond donors (Lipinski definition) is 1. The Morgan fingerprint density at radius 1 is 1.48 bits per heavy atom. The molecule has 1 N–H and O–H groups in total. The summed E-state index contributed by atoms with van der Waals surface area (Å²) in [5.41, 5.74) is 0.588. The van der Waals surface area contributed by atoms with Gasteiger partial charge in [-0.3, -0.25) is 0 Å². The summed E-state index contributed by atoms with van der Waals surface area (Å²) >= 11 is 1.29. The van der Waals surface area contributed by atoms with E-state index >= 15 is 0 Å². The first kappa shape index (κ1) is 16.9. The van der Waals surface area contributed by atoms with Crippen molar-refractivity contribution in [1.82, 2.24) is 9.62 Å². The first-order valence-electron chi connectivity index (χ1n) is 7.16. The van der Waals surface area contributed by atoms with Crippen molar-refractivity contribution in [2.75, 3.05) is 19.7 Å². The Kier molecular flexibility index (Phi) is 5.10. The molecule has 0 radical (unpaired) electrons. The first-order valence-corrected chi connectivity index (χ1v) is 9.47. The molecular formula is C14H24N2O3S2. The summed E-state index contributed by atoms with van der Waals surface area (Å²) in [7, 11) is -3.41. The standard InChI is InChI=1S/C14H24N2O3S2/c1-11(2)15-8-12-7-13(20-9-12)21(17,18)16-5-6-19-14(3,4)10-16/h7,9,11,15H,5-6,8,10H2,1-4H3. The van der Waals surface area contributed by atoms with Gasteiger partial charge in [-0.1, -0.05) is 13.8 Å². The Balaban J connectivity index is 2.12. The number of ether oxygens (including phenoxy) is 1. The summed E-state index contributed by atoms with van der Waals surface area (Å²) in [6, 6.07) is 2.16. The van der Waals surface area contributed by atoms with Crippen LogP contribution in [0.5, 0.6) is 0 Å². The number of rotatable bonds is 5. The molecule has 2 rings (SSSR count). The van der Waals surface area contributed by atoms with Gasteiger partial charge in [-0.25, -0.2) is 8.42 Å². The van der Waals surface area contributed by atoms with Crippen molar-refractivity contribution in [2.24, 2.45) is 0 Å². The van der Waals surface area contributed by atoms with Gasteiger partial charge >= 0.3 is 0 Å². The minimum atomic E-state index is -3.41. The second-order valence-electron chi connectivity index (χ2n) is 6.26. The van der Waals surface area contributed by atoms with E-state index in [4.69, 9.17) is 4.74 Å². The maximum absolute atomic E-state index is 12.7. The van der Waals surface area contributed by atoms with Gasteiger partial charge in [-0.15, -0.1) is 11.3 Å². The van der Waals surface area contributed by atoms with E-state index in [9.17, 15) is 8.42 Å². The molecule has 1 aromatic heterocycles. The fraction of sp³-hybridized carbons (Fsp3) is 0.714. The number of sulfonamides is 1.